The van der Waals surface area contributed by atoms with Crippen molar-refractivity contribution >= 4 is 11.5 Å². The first-order valence-electron chi connectivity index (χ1n) is 5.47. The van der Waals surface area contributed by atoms with Crippen LogP contribution < -0.4 is 0 Å². The average molecular weight is 218 g/mol. The van der Waals surface area contributed by atoms with Gasteiger partial charge >= 0.3 is 5.97 Å². The Morgan fingerprint density at radius 3 is 2.38 bits per heavy atom. The van der Waals surface area contributed by atoms with Gasteiger partial charge in [0.15, 0.2) is 0 Å². The summed E-state index contributed by atoms with van der Waals surface area (Å²) in [6.07, 6.45) is 1.11. The first-order chi connectivity index (χ1) is 7.60. The van der Waals surface area contributed by atoms with Crippen LogP contribution in [0.3, 0.4) is 0 Å². The summed E-state index contributed by atoms with van der Waals surface area (Å²) in [6.45, 7) is 8.06. The molecule has 86 valence electrons. The molecule has 0 N–H and O–H groups in total. The highest BCUT2D eigenvalue weighted by molar-refractivity contribution is 6.15. The van der Waals surface area contributed by atoms with E-state index >= 15 is 0 Å². The second-order valence-electron chi connectivity index (χ2n) is 3.90. The number of carbonyl (C=O) groups is 1. The van der Waals surface area contributed by atoms with Crippen molar-refractivity contribution in [3.8, 4) is 0 Å². The lowest BCUT2D eigenvalue weighted by Crippen LogP contribution is -2.02. The zero-order valence-corrected chi connectivity index (χ0v) is 10.1. The van der Waals surface area contributed by atoms with E-state index in [1.807, 2.05) is 24.3 Å². The van der Waals surface area contributed by atoms with Crippen LogP contribution in [-0.2, 0) is 9.53 Å². The first-order valence-corrected chi connectivity index (χ1v) is 5.47. The molecule has 0 radical (unpaired) electrons. The van der Waals surface area contributed by atoms with Gasteiger partial charge < -0.3 is 4.74 Å². The Morgan fingerprint density at radius 2 is 1.94 bits per heavy atom. The van der Waals surface area contributed by atoms with Crippen LogP contribution in [0.15, 0.2) is 30.8 Å². The molecule has 0 aliphatic rings. The summed E-state index contributed by atoms with van der Waals surface area (Å²) in [7, 11) is 1.36. The molecular formula is C14H18O2. The van der Waals surface area contributed by atoms with Crippen LogP contribution in [0.25, 0.3) is 5.57 Å². The molecule has 0 aliphatic carbocycles. The fraction of sp³-hybridized carbons (Fsp3) is 0.357. The molecule has 2 heteroatoms. The van der Waals surface area contributed by atoms with Crippen molar-refractivity contribution in [1.82, 2.24) is 0 Å². The predicted octanol–water partition coefficient (Wildman–Crippen LogP) is 3.39. The Bertz CT molecular complexity index is 376. The Labute approximate surface area is 96.9 Å². The van der Waals surface area contributed by atoms with Gasteiger partial charge in [0.25, 0.3) is 0 Å². The van der Waals surface area contributed by atoms with E-state index in [-0.39, 0.29) is 5.97 Å². The van der Waals surface area contributed by atoms with Crippen molar-refractivity contribution in [3.63, 3.8) is 0 Å². The van der Waals surface area contributed by atoms with Gasteiger partial charge in [-0.3, -0.25) is 0 Å². The van der Waals surface area contributed by atoms with E-state index in [1.165, 1.54) is 12.7 Å². The number of hydrogen-bond acceptors (Lipinski definition) is 2. The maximum Gasteiger partial charge on any atom is 0.337 e. The summed E-state index contributed by atoms with van der Waals surface area (Å²) in [5.41, 5.74) is 2.50. The second-order valence-corrected chi connectivity index (χ2v) is 3.90. The third-order valence-corrected chi connectivity index (χ3v) is 2.87. The fourth-order valence-electron chi connectivity index (χ4n) is 1.49. The van der Waals surface area contributed by atoms with Crippen LogP contribution in [-0.4, -0.2) is 13.1 Å². The Kier molecular flexibility index (Phi) is 4.29. The Hall–Kier alpha value is -1.57. The maximum absolute atomic E-state index is 11.3. The van der Waals surface area contributed by atoms with Crippen LogP contribution in [0.5, 0.6) is 0 Å². The van der Waals surface area contributed by atoms with E-state index in [2.05, 4.69) is 25.2 Å². The van der Waals surface area contributed by atoms with Gasteiger partial charge in [-0.25, -0.2) is 4.79 Å². The molecule has 1 atom stereocenters. The molecule has 1 aromatic carbocycles. The van der Waals surface area contributed by atoms with Crippen LogP contribution >= 0.6 is 0 Å². The lowest BCUT2D eigenvalue weighted by atomic mass is 9.96. The number of rotatable bonds is 4. The lowest BCUT2D eigenvalue weighted by molar-refractivity contribution is -0.133. The summed E-state index contributed by atoms with van der Waals surface area (Å²) in [5.74, 6) is 0.164. The topological polar surface area (TPSA) is 26.3 Å². The molecule has 0 amide bonds. The van der Waals surface area contributed by atoms with Gasteiger partial charge in [0.1, 0.15) is 0 Å². The van der Waals surface area contributed by atoms with Gasteiger partial charge in [-0.15, -0.1) is 0 Å². The summed E-state index contributed by atoms with van der Waals surface area (Å²) < 4.78 is 4.63. The number of carbonyl (C=O) groups excluding carboxylic acids is 1. The molecule has 0 heterocycles. The summed E-state index contributed by atoms with van der Waals surface area (Å²) >= 11 is 0. The zero-order valence-electron chi connectivity index (χ0n) is 10.1. The molecule has 0 aliphatic heterocycles. The summed E-state index contributed by atoms with van der Waals surface area (Å²) in [6, 6.07) is 7.91. The van der Waals surface area contributed by atoms with Gasteiger partial charge in [-0.05, 0) is 23.5 Å². The molecule has 0 bridgehead atoms. The minimum absolute atomic E-state index is 0.378. The molecule has 0 fully saturated rings. The van der Waals surface area contributed by atoms with Crippen molar-refractivity contribution in [2.45, 2.75) is 26.2 Å². The third kappa shape index (κ3) is 2.72. The molecule has 1 unspecified atom stereocenters. The van der Waals surface area contributed by atoms with Gasteiger partial charge in [0, 0.05) is 0 Å². The summed E-state index contributed by atoms with van der Waals surface area (Å²) in [5, 5.41) is 0. The minimum Gasteiger partial charge on any atom is -0.465 e. The Morgan fingerprint density at radius 1 is 1.38 bits per heavy atom. The van der Waals surface area contributed by atoms with Gasteiger partial charge in [0.05, 0.1) is 12.7 Å². The SMILES string of the molecule is C=C(C(=O)OC)c1ccc(C(C)CC)cc1. The number of benzene rings is 1. The first kappa shape index (κ1) is 12.5. The standard InChI is InChI=1S/C14H18O2/c1-5-10(2)12-6-8-13(9-7-12)11(3)14(15)16-4/h6-10H,3,5H2,1-2,4H3. The second kappa shape index (κ2) is 5.50. The normalized spacial score (nSPS) is 11.9. The highest BCUT2D eigenvalue weighted by Gasteiger charge is 2.09. The van der Waals surface area contributed by atoms with E-state index in [4.69, 9.17) is 0 Å². The van der Waals surface area contributed by atoms with E-state index in [0.29, 0.717) is 11.5 Å². The smallest absolute Gasteiger partial charge is 0.337 e. The lowest BCUT2D eigenvalue weighted by Gasteiger charge is -2.10. The van der Waals surface area contributed by atoms with Crippen LogP contribution in [0.1, 0.15) is 37.3 Å². The van der Waals surface area contributed by atoms with E-state index in [9.17, 15) is 4.79 Å². The van der Waals surface area contributed by atoms with Gasteiger partial charge in [0.2, 0.25) is 0 Å². The van der Waals surface area contributed by atoms with Crippen molar-refractivity contribution in [1.29, 1.82) is 0 Å². The largest absolute Gasteiger partial charge is 0.465 e. The van der Waals surface area contributed by atoms with Crippen molar-refractivity contribution < 1.29 is 9.53 Å². The molecule has 0 aromatic heterocycles. The van der Waals surface area contributed by atoms with Crippen LogP contribution in [0, 0.1) is 0 Å². The number of esters is 1. The van der Waals surface area contributed by atoms with E-state index < -0.39 is 0 Å². The van der Waals surface area contributed by atoms with Gasteiger partial charge in [-0.2, -0.15) is 0 Å². The molecule has 0 saturated heterocycles. The van der Waals surface area contributed by atoms with Crippen LogP contribution in [0.4, 0.5) is 0 Å². The van der Waals surface area contributed by atoms with Crippen molar-refractivity contribution in [2.75, 3.05) is 7.11 Å². The monoisotopic (exact) mass is 218 g/mol. The molecule has 2 nitrogen and oxygen atoms in total. The maximum atomic E-state index is 11.3. The number of hydrogen-bond donors (Lipinski definition) is 0. The minimum atomic E-state index is -0.378. The number of methoxy groups -OCH3 is 1. The predicted molar refractivity (Wildman–Crippen MR) is 66.2 cm³/mol. The van der Waals surface area contributed by atoms with Crippen LogP contribution in [0.2, 0.25) is 0 Å². The molecule has 16 heavy (non-hydrogen) atoms. The molecule has 0 spiro atoms. The Balaban J connectivity index is 2.87. The average Bonchev–Trinajstić information content (AvgIpc) is 2.36. The molecule has 0 saturated carbocycles. The molecule has 1 aromatic rings. The molecular weight excluding hydrogens is 200 g/mol. The fourth-order valence-corrected chi connectivity index (χ4v) is 1.49. The van der Waals surface area contributed by atoms with Gasteiger partial charge in [-0.1, -0.05) is 44.7 Å². The van der Waals surface area contributed by atoms with E-state index in [0.717, 1.165) is 12.0 Å². The third-order valence-electron chi connectivity index (χ3n) is 2.87. The highest BCUT2D eigenvalue weighted by Crippen LogP contribution is 2.21. The highest BCUT2D eigenvalue weighted by atomic mass is 16.5. The van der Waals surface area contributed by atoms with Crippen molar-refractivity contribution in [2.24, 2.45) is 0 Å². The quantitative estimate of drug-likeness (QED) is 0.572. The number of ether oxygens (including phenoxy) is 1. The summed E-state index contributed by atoms with van der Waals surface area (Å²) in [4.78, 5) is 11.3. The zero-order chi connectivity index (χ0) is 12.1. The van der Waals surface area contributed by atoms with E-state index in [1.54, 1.807) is 0 Å². The van der Waals surface area contributed by atoms with Crippen molar-refractivity contribution in [3.05, 3.63) is 42.0 Å². The molecule has 1 rings (SSSR count).